The summed E-state index contributed by atoms with van der Waals surface area (Å²) in [6, 6.07) is 17.3. The molecular weight excluding hydrogens is 536 g/mol. The second-order valence-electron chi connectivity index (χ2n) is 12.1. The zero-order chi connectivity index (χ0) is 28.1. The van der Waals surface area contributed by atoms with Crippen molar-refractivity contribution in [1.82, 2.24) is 4.98 Å². The predicted molar refractivity (Wildman–Crippen MR) is 157 cm³/mol. The molecule has 3 unspecified atom stereocenters. The van der Waals surface area contributed by atoms with E-state index in [1.54, 1.807) is 42.6 Å². The number of benzene rings is 2. The third-order valence-electron chi connectivity index (χ3n) is 9.01. The van der Waals surface area contributed by atoms with Crippen LogP contribution in [-0.4, -0.2) is 18.5 Å². The molecule has 0 spiro atoms. The zero-order valence-corrected chi connectivity index (χ0v) is 23.6. The van der Waals surface area contributed by atoms with E-state index in [9.17, 15) is 18.3 Å². The van der Waals surface area contributed by atoms with Gasteiger partial charge >= 0.3 is 5.63 Å². The van der Waals surface area contributed by atoms with E-state index in [2.05, 4.69) is 9.71 Å². The number of rotatable bonds is 11. The van der Waals surface area contributed by atoms with Gasteiger partial charge < -0.3 is 9.52 Å². The van der Waals surface area contributed by atoms with Crippen LogP contribution < -0.4 is 10.3 Å². The largest absolute Gasteiger partial charge is 0.507 e. The highest BCUT2D eigenvalue weighted by Gasteiger charge is 2.46. The molecule has 2 N–H and O–H groups in total. The molecule has 212 valence electrons. The molecule has 0 bridgehead atoms. The SMILES string of the molecule is O=c1oc(CCCC2CC2C2CC2)cc(O)c1C(c1cccc(NS(=O)(=O)c2cccc3cccnc23)c1)C1CC1. The summed E-state index contributed by atoms with van der Waals surface area (Å²) in [5.74, 6) is 2.99. The van der Waals surface area contributed by atoms with Crippen molar-refractivity contribution in [3.63, 3.8) is 0 Å². The van der Waals surface area contributed by atoms with Crippen molar-refractivity contribution in [2.75, 3.05) is 4.72 Å². The van der Waals surface area contributed by atoms with Crippen molar-refractivity contribution >= 4 is 26.6 Å². The van der Waals surface area contributed by atoms with Crippen LogP contribution in [0, 0.1) is 23.7 Å². The lowest BCUT2D eigenvalue weighted by Crippen LogP contribution is -2.17. The average Bonchev–Trinajstić information content (AvgIpc) is 3.78. The van der Waals surface area contributed by atoms with Gasteiger partial charge in [-0.3, -0.25) is 9.71 Å². The third-order valence-corrected chi connectivity index (χ3v) is 10.4. The van der Waals surface area contributed by atoms with E-state index in [0.717, 1.165) is 54.4 Å². The summed E-state index contributed by atoms with van der Waals surface area (Å²) in [5, 5.41) is 11.8. The van der Waals surface area contributed by atoms with Crippen LogP contribution in [0.2, 0.25) is 0 Å². The molecule has 8 heteroatoms. The highest BCUT2D eigenvalue weighted by atomic mass is 32.2. The number of anilines is 1. The normalized spacial score (nSPS) is 21.1. The van der Waals surface area contributed by atoms with Crippen LogP contribution in [0.1, 0.15) is 67.8 Å². The lowest BCUT2D eigenvalue weighted by molar-refractivity contribution is 0.398. The molecule has 0 amide bonds. The van der Waals surface area contributed by atoms with Crippen LogP contribution >= 0.6 is 0 Å². The van der Waals surface area contributed by atoms with Gasteiger partial charge in [0.1, 0.15) is 16.4 Å². The maximum absolute atomic E-state index is 13.4. The highest BCUT2D eigenvalue weighted by Crippen LogP contribution is 2.56. The van der Waals surface area contributed by atoms with Crippen LogP contribution in [0.15, 0.2) is 81.0 Å². The molecule has 2 aromatic carbocycles. The first-order valence-electron chi connectivity index (χ1n) is 14.7. The summed E-state index contributed by atoms with van der Waals surface area (Å²) in [6.45, 7) is 0. The molecule has 0 aliphatic heterocycles. The number of para-hydroxylation sites is 1. The van der Waals surface area contributed by atoms with Crippen molar-refractivity contribution in [3.8, 4) is 5.75 Å². The summed E-state index contributed by atoms with van der Waals surface area (Å²) in [6.07, 6.45) is 10.3. The molecule has 3 saturated carbocycles. The molecule has 0 radical (unpaired) electrons. The first-order chi connectivity index (χ1) is 19.9. The Morgan fingerprint density at radius 3 is 2.61 bits per heavy atom. The molecule has 2 heterocycles. The van der Waals surface area contributed by atoms with E-state index < -0.39 is 15.6 Å². The molecule has 3 fully saturated rings. The number of nitrogens with one attached hydrogen (secondary N) is 1. The number of nitrogens with zero attached hydrogens (tertiary/aromatic N) is 1. The lowest BCUT2D eigenvalue weighted by atomic mass is 9.87. The number of aryl methyl sites for hydroxylation is 1. The van der Waals surface area contributed by atoms with E-state index >= 15 is 0 Å². The third kappa shape index (κ3) is 5.49. The molecule has 3 aliphatic carbocycles. The van der Waals surface area contributed by atoms with E-state index in [1.807, 2.05) is 18.2 Å². The Morgan fingerprint density at radius 2 is 1.83 bits per heavy atom. The number of hydrogen-bond donors (Lipinski definition) is 2. The van der Waals surface area contributed by atoms with Gasteiger partial charge in [0.05, 0.1) is 11.1 Å². The number of aromatic nitrogens is 1. The number of pyridine rings is 1. The molecule has 41 heavy (non-hydrogen) atoms. The van der Waals surface area contributed by atoms with Gasteiger partial charge in [0.15, 0.2) is 0 Å². The minimum absolute atomic E-state index is 0.0387. The Hall–Kier alpha value is -3.65. The number of sulfonamides is 1. The van der Waals surface area contributed by atoms with Gasteiger partial charge in [0, 0.05) is 35.7 Å². The van der Waals surface area contributed by atoms with Crippen LogP contribution in [0.5, 0.6) is 5.75 Å². The maximum Gasteiger partial charge on any atom is 0.343 e. The molecule has 7 rings (SSSR count). The van der Waals surface area contributed by atoms with Gasteiger partial charge in [-0.15, -0.1) is 0 Å². The molecule has 2 aromatic heterocycles. The van der Waals surface area contributed by atoms with Crippen LogP contribution in [0.3, 0.4) is 0 Å². The van der Waals surface area contributed by atoms with Gasteiger partial charge in [-0.25, -0.2) is 13.2 Å². The molecule has 4 aromatic rings. The first kappa shape index (κ1) is 26.3. The number of fused-ring (bicyclic) bond motifs is 1. The summed E-state index contributed by atoms with van der Waals surface area (Å²) < 4.78 is 35.2. The highest BCUT2D eigenvalue weighted by molar-refractivity contribution is 7.93. The fraction of sp³-hybridized carbons (Fsp3) is 0.394. The van der Waals surface area contributed by atoms with Crippen LogP contribution in [-0.2, 0) is 16.4 Å². The minimum atomic E-state index is -3.93. The monoisotopic (exact) mass is 570 g/mol. The summed E-state index contributed by atoms with van der Waals surface area (Å²) in [7, 11) is -3.93. The van der Waals surface area contributed by atoms with Crippen molar-refractivity contribution in [2.24, 2.45) is 23.7 Å². The summed E-state index contributed by atoms with van der Waals surface area (Å²) >= 11 is 0. The summed E-state index contributed by atoms with van der Waals surface area (Å²) in [5.41, 5.74) is 1.29. The predicted octanol–water partition coefficient (Wildman–Crippen LogP) is 6.61. The number of aromatic hydroxyl groups is 1. The van der Waals surface area contributed by atoms with Gasteiger partial charge in [-0.05, 0) is 98.4 Å². The molecule has 7 nitrogen and oxygen atoms in total. The van der Waals surface area contributed by atoms with Crippen molar-refractivity contribution < 1.29 is 17.9 Å². The zero-order valence-electron chi connectivity index (χ0n) is 22.8. The van der Waals surface area contributed by atoms with Gasteiger partial charge in [-0.1, -0.05) is 30.3 Å². The molecule has 3 aliphatic rings. The Balaban J connectivity index is 1.11. The lowest BCUT2D eigenvalue weighted by Gasteiger charge is -2.19. The van der Waals surface area contributed by atoms with E-state index in [0.29, 0.717) is 23.4 Å². The maximum atomic E-state index is 13.4. The fourth-order valence-electron chi connectivity index (χ4n) is 6.59. The fourth-order valence-corrected chi connectivity index (χ4v) is 7.82. The topological polar surface area (TPSA) is 109 Å². The minimum Gasteiger partial charge on any atom is -0.507 e. The molecule has 3 atom stereocenters. The van der Waals surface area contributed by atoms with Crippen LogP contribution in [0.4, 0.5) is 5.69 Å². The Labute approximate surface area is 239 Å². The molecule has 0 saturated heterocycles. The van der Waals surface area contributed by atoms with Gasteiger partial charge in [-0.2, -0.15) is 0 Å². The van der Waals surface area contributed by atoms with Crippen molar-refractivity contribution in [2.45, 2.75) is 62.2 Å². The smallest absolute Gasteiger partial charge is 0.343 e. The van der Waals surface area contributed by atoms with Crippen molar-refractivity contribution in [1.29, 1.82) is 0 Å². The van der Waals surface area contributed by atoms with Crippen molar-refractivity contribution in [3.05, 3.63) is 94.2 Å². The van der Waals surface area contributed by atoms with E-state index in [1.165, 1.54) is 25.3 Å². The number of hydrogen-bond acceptors (Lipinski definition) is 6. The van der Waals surface area contributed by atoms with Crippen LogP contribution in [0.25, 0.3) is 10.9 Å². The second kappa shape index (κ2) is 10.3. The Bertz CT molecular complexity index is 1770. The van der Waals surface area contributed by atoms with E-state index in [-0.39, 0.29) is 28.0 Å². The molecular formula is C33H34N2O5S. The first-order valence-corrected chi connectivity index (χ1v) is 16.2. The van der Waals surface area contributed by atoms with Gasteiger partial charge in [0.25, 0.3) is 10.0 Å². The Kier molecular flexibility index (Phi) is 6.61. The Morgan fingerprint density at radius 1 is 1.02 bits per heavy atom. The quantitative estimate of drug-likeness (QED) is 0.210. The van der Waals surface area contributed by atoms with E-state index in [4.69, 9.17) is 4.42 Å². The summed E-state index contributed by atoms with van der Waals surface area (Å²) in [4.78, 5) is 17.6. The second-order valence-corrected chi connectivity index (χ2v) is 13.7. The average molecular weight is 571 g/mol. The van der Waals surface area contributed by atoms with Gasteiger partial charge in [0.2, 0.25) is 0 Å². The standard InChI is InChI=1S/C33H34N2O5S/c36-28-19-26(10-2-6-23-18-27(23)20-12-13-20)40-33(37)31(28)30(21-14-15-21)24-7-1-9-25(17-24)35-41(38,39)29-11-3-5-22-8-4-16-34-32(22)29/h1,3-5,7-9,11,16-17,19-21,23,27,30,35-36H,2,6,10,12-15,18H2.